The molecule has 0 aliphatic carbocycles. The van der Waals surface area contributed by atoms with Gasteiger partial charge in [0, 0.05) is 57.4 Å². The molecule has 2 aromatic rings. The maximum Gasteiger partial charge on any atom is 0.256 e. The number of fused-ring (bicyclic) bond motifs is 2. The van der Waals surface area contributed by atoms with Gasteiger partial charge in [-0.3, -0.25) is 9.59 Å². The predicted molar refractivity (Wildman–Crippen MR) is 142 cm³/mol. The smallest absolute Gasteiger partial charge is 0.256 e. The molecule has 0 radical (unpaired) electrons. The Bertz CT molecular complexity index is 1040. The largest absolute Gasteiger partial charge is 0.390 e. The van der Waals surface area contributed by atoms with E-state index in [1.807, 2.05) is 32.0 Å². The first kappa shape index (κ1) is 27.0. The van der Waals surface area contributed by atoms with Crippen LogP contribution in [0, 0.1) is 0 Å². The van der Waals surface area contributed by atoms with Crippen molar-refractivity contribution in [2.45, 2.75) is 45.9 Å². The molecule has 0 bridgehead atoms. The van der Waals surface area contributed by atoms with E-state index < -0.39 is 6.10 Å². The summed E-state index contributed by atoms with van der Waals surface area (Å²) in [6.07, 6.45) is 0.0749. The van der Waals surface area contributed by atoms with E-state index in [1.54, 1.807) is 21.9 Å². The number of halogens is 1. The highest BCUT2D eigenvalue weighted by atomic mass is 35.5. The van der Waals surface area contributed by atoms with Crippen LogP contribution in [-0.2, 0) is 13.0 Å². The predicted octanol–water partition coefficient (Wildman–Crippen LogP) is 2.95. The number of nitrogens with zero attached hydrogens (tertiary/aromatic N) is 3. The van der Waals surface area contributed by atoms with Gasteiger partial charge in [0.15, 0.2) is 0 Å². The maximum absolute atomic E-state index is 13.5. The van der Waals surface area contributed by atoms with Crippen molar-refractivity contribution in [3.8, 4) is 0 Å². The SMILES string of the molecule is CCN(CC)C(=O)c1ccc2c(c1)N(CC)CCN(CC(O)[C@@H]1Cc3ccccc3CN1)C2=O.Cl. The Balaban J connectivity index is 0.00000342. The second-order valence-electron chi connectivity index (χ2n) is 9.07. The lowest BCUT2D eigenvalue weighted by Crippen LogP contribution is -2.50. The van der Waals surface area contributed by atoms with Crippen LogP contribution in [0.15, 0.2) is 42.5 Å². The van der Waals surface area contributed by atoms with Crippen molar-refractivity contribution in [3.05, 3.63) is 64.7 Å². The molecule has 2 aliphatic rings. The Kier molecular flexibility index (Phi) is 9.16. The number of nitrogens with one attached hydrogen (secondary N) is 1. The zero-order valence-corrected chi connectivity index (χ0v) is 21.7. The van der Waals surface area contributed by atoms with Crippen LogP contribution in [0.5, 0.6) is 0 Å². The van der Waals surface area contributed by atoms with Crippen LogP contribution in [0.2, 0.25) is 0 Å². The summed E-state index contributed by atoms with van der Waals surface area (Å²) < 4.78 is 0. The van der Waals surface area contributed by atoms with E-state index in [0.717, 1.165) is 25.2 Å². The zero-order chi connectivity index (χ0) is 24.2. The highest BCUT2D eigenvalue weighted by Gasteiger charge is 2.31. The number of anilines is 1. The molecule has 2 aromatic carbocycles. The van der Waals surface area contributed by atoms with Gasteiger partial charge >= 0.3 is 0 Å². The monoisotopic (exact) mass is 500 g/mol. The number of carbonyl (C=O) groups is 2. The molecule has 0 aromatic heterocycles. The third-order valence-electron chi connectivity index (χ3n) is 7.16. The van der Waals surface area contributed by atoms with E-state index >= 15 is 0 Å². The summed E-state index contributed by atoms with van der Waals surface area (Å²) in [5.74, 6) is -0.112. The van der Waals surface area contributed by atoms with E-state index in [1.165, 1.54) is 11.1 Å². The molecule has 35 heavy (non-hydrogen) atoms. The number of β-amino-alcohol motifs (C(OH)–C–C–N with tert-alkyl or cyclic N) is 1. The van der Waals surface area contributed by atoms with Gasteiger partial charge in [-0.25, -0.2) is 0 Å². The summed E-state index contributed by atoms with van der Waals surface area (Å²) in [6, 6.07) is 13.6. The summed E-state index contributed by atoms with van der Waals surface area (Å²) in [5.41, 5.74) is 4.50. The summed E-state index contributed by atoms with van der Waals surface area (Å²) in [5, 5.41) is 14.5. The lowest BCUT2D eigenvalue weighted by Gasteiger charge is -2.33. The number of hydrogen-bond acceptors (Lipinski definition) is 5. The normalized spacial score (nSPS) is 18.2. The second kappa shape index (κ2) is 11.9. The summed E-state index contributed by atoms with van der Waals surface area (Å²) in [6.45, 7) is 10.2. The molecule has 0 saturated heterocycles. The standard InChI is InChI=1S/C27H36N4O3.ClH/c1-4-29(5-2)26(33)20-11-12-22-24(16-20)30(6-3)13-14-31(27(22)34)18-25(32)23-15-19-9-7-8-10-21(19)17-28-23;/h7-12,16,23,25,28,32H,4-6,13-15,17-18H2,1-3H3;1H/t23-,25?;/m0./s1. The third-order valence-corrected chi connectivity index (χ3v) is 7.16. The van der Waals surface area contributed by atoms with Gasteiger partial charge in [0.1, 0.15) is 0 Å². The Labute approximate surface area is 214 Å². The molecule has 2 heterocycles. The van der Waals surface area contributed by atoms with Crippen LogP contribution >= 0.6 is 12.4 Å². The first-order chi connectivity index (χ1) is 16.5. The molecule has 2 aliphatic heterocycles. The Morgan fingerprint density at radius 3 is 2.46 bits per heavy atom. The lowest BCUT2D eigenvalue weighted by molar-refractivity contribution is 0.0540. The van der Waals surface area contributed by atoms with Gasteiger partial charge in [-0.15, -0.1) is 12.4 Å². The van der Waals surface area contributed by atoms with Crippen molar-refractivity contribution in [1.29, 1.82) is 0 Å². The molecular weight excluding hydrogens is 464 g/mol. The van der Waals surface area contributed by atoms with Crippen LogP contribution in [-0.4, -0.2) is 78.1 Å². The molecule has 4 rings (SSSR count). The number of rotatable bonds is 7. The zero-order valence-electron chi connectivity index (χ0n) is 20.9. The summed E-state index contributed by atoms with van der Waals surface area (Å²) in [7, 11) is 0. The third kappa shape index (κ3) is 5.63. The van der Waals surface area contributed by atoms with Crippen molar-refractivity contribution in [3.63, 3.8) is 0 Å². The fraction of sp³-hybridized carbons (Fsp3) is 0.481. The molecule has 1 unspecified atom stereocenters. The molecular formula is C27H37ClN4O3. The number of amides is 2. The molecule has 2 N–H and O–H groups in total. The molecule has 2 amide bonds. The van der Waals surface area contributed by atoms with Gasteiger partial charge < -0.3 is 25.1 Å². The van der Waals surface area contributed by atoms with Gasteiger partial charge in [-0.2, -0.15) is 0 Å². The summed E-state index contributed by atoms with van der Waals surface area (Å²) >= 11 is 0. The first-order valence-electron chi connectivity index (χ1n) is 12.4. The molecule has 0 fully saturated rings. The highest BCUT2D eigenvalue weighted by Crippen LogP contribution is 2.28. The Hall–Kier alpha value is -2.61. The van der Waals surface area contributed by atoms with Gasteiger partial charge in [-0.1, -0.05) is 24.3 Å². The molecule has 8 heteroatoms. The minimum absolute atomic E-state index is 0. The van der Waals surface area contributed by atoms with Crippen LogP contribution in [0.25, 0.3) is 0 Å². The number of benzene rings is 2. The molecule has 0 spiro atoms. The topological polar surface area (TPSA) is 76.1 Å². The highest BCUT2D eigenvalue weighted by molar-refractivity contribution is 6.03. The lowest BCUT2D eigenvalue weighted by atomic mass is 9.92. The van der Waals surface area contributed by atoms with Crippen molar-refractivity contribution < 1.29 is 14.7 Å². The summed E-state index contributed by atoms with van der Waals surface area (Å²) in [4.78, 5) is 32.1. The number of aliphatic hydroxyl groups is 1. The number of carbonyl (C=O) groups excluding carboxylic acids is 2. The van der Waals surface area contributed by atoms with Gasteiger partial charge in [0.25, 0.3) is 11.8 Å². The minimum Gasteiger partial charge on any atom is -0.390 e. The van der Waals surface area contributed by atoms with Gasteiger partial charge in [0.2, 0.25) is 0 Å². The Morgan fingerprint density at radius 2 is 1.77 bits per heavy atom. The van der Waals surface area contributed by atoms with Crippen molar-refractivity contribution >= 4 is 29.9 Å². The Morgan fingerprint density at radius 1 is 1.09 bits per heavy atom. The fourth-order valence-electron chi connectivity index (χ4n) is 5.04. The van der Waals surface area contributed by atoms with Crippen molar-refractivity contribution in [2.75, 3.05) is 44.2 Å². The van der Waals surface area contributed by atoms with Crippen LogP contribution in [0.4, 0.5) is 5.69 Å². The first-order valence-corrected chi connectivity index (χ1v) is 12.4. The number of aliphatic hydroxyl groups excluding tert-OH is 1. The van der Waals surface area contributed by atoms with E-state index in [2.05, 4.69) is 29.3 Å². The van der Waals surface area contributed by atoms with Gasteiger partial charge in [-0.05, 0) is 56.5 Å². The van der Waals surface area contributed by atoms with Crippen LogP contribution in [0.3, 0.4) is 0 Å². The average Bonchev–Trinajstić information content (AvgIpc) is 3.00. The second-order valence-corrected chi connectivity index (χ2v) is 9.07. The number of hydrogen-bond donors (Lipinski definition) is 2. The molecule has 2 atom stereocenters. The van der Waals surface area contributed by atoms with Crippen LogP contribution < -0.4 is 10.2 Å². The minimum atomic E-state index is -0.669. The molecule has 0 saturated carbocycles. The van der Waals surface area contributed by atoms with Crippen molar-refractivity contribution in [1.82, 2.24) is 15.1 Å². The number of likely N-dealkylation sites (N-methyl/N-ethyl adjacent to an activating group) is 1. The van der Waals surface area contributed by atoms with E-state index in [0.29, 0.717) is 37.3 Å². The fourth-order valence-corrected chi connectivity index (χ4v) is 5.04. The average molecular weight is 501 g/mol. The van der Waals surface area contributed by atoms with E-state index in [9.17, 15) is 14.7 Å². The van der Waals surface area contributed by atoms with Crippen molar-refractivity contribution in [2.24, 2.45) is 0 Å². The molecule has 7 nitrogen and oxygen atoms in total. The van der Waals surface area contributed by atoms with E-state index in [-0.39, 0.29) is 36.8 Å². The van der Waals surface area contributed by atoms with Gasteiger partial charge in [0.05, 0.1) is 17.4 Å². The molecule has 190 valence electrons. The van der Waals surface area contributed by atoms with Crippen LogP contribution in [0.1, 0.15) is 52.6 Å². The van der Waals surface area contributed by atoms with E-state index in [4.69, 9.17) is 0 Å². The maximum atomic E-state index is 13.5. The quantitative estimate of drug-likeness (QED) is 0.611.